The molecule has 3 aliphatic rings. The van der Waals surface area contributed by atoms with Crippen molar-refractivity contribution in [2.24, 2.45) is 4.99 Å². The lowest BCUT2D eigenvalue weighted by molar-refractivity contribution is -0.684. The fourth-order valence-corrected chi connectivity index (χ4v) is 7.27. The molecule has 0 aliphatic carbocycles. The van der Waals surface area contributed by atoms with Gasteiger partial charge in [-0.05, 0) is 86.8 Å². The second-order valence-corrected chi connectivity index (χ2v) is 14.7. The summed E-state index contributed by atoms with van der Waals surface area (Å²) >= 11 is 1.56. The van der Waals surface area contributed by atoms with E-state index in [1.807, 2.05) is 71.2 Å². The Morgan fingerprint density at radius 1 is 1.04 bits per heavy atom. The van der Waals surface area contributed by atoms with Gasteiger partial charge in [0.1, 0.15) is 0 Å². The molecule has 248 valence electrons. The number of carbonyl (C=O) groups excluding carboxylic acids is 3. The van der Waals surface area contributed by atoms with Gasteiger partial charge in [0.25, 0.3) is 21.9 Å². The summed E-state index contributed by atoms with van der Waals surface area (Å²) in [6.07, 6.45) is 14.7. The van der Waals surface area contributed by atoms with Crippen molar-refractivity contribution in [3.8, 4) is 0 Å². The Hall–Kier alpha value is -4.07. The van der Waals surface area contributed by atoms with Crippen LogP contribution in [0.2, 0.25) is 0 Å². The van der Waals surface area contributed by atoms with Crippen LogP contribution in [0.3, 0.4) is 0 Å². The van der Waals surface area contributed by atoms with Crippen LogP contribution in [0.5, 0.6) is 0 Å². The van der Waals surface area contributed by atoms with Crippen molar-refractivity contribution in [3.63, 3.8) is 0 Å². The van der Waals surface area contributed by atoms with E-state index in [0.717, 1.165) is 52.6 Å². The predicted octanol–water partition coefficient (Wildman–Crippen LogP) is 5.26. The number of unbranched alkanes of at least 4 members (excludes halogenated alkanes) is 2. The highest BCUT2D eigenvalue weighted by molar-refractivity contribution is 7.97. The summed E-state index contributed by atoms with van der Waals surface area (Å²) in [6, 6.07) is 12.1. The maximum Gasteiger partial charge on any atom is 0.333 e. The molecule has 1 fully saturated rings. The molecule has 47 heavy (non-hydrogen) atoms. The molecule has 3 aliphatic heterocycles. The van der Waals surface area contributed by atoms with Crippen molar-refractivity contribution in [3.05, 3.63) is 84.1 Å². The fraction of sp³-hybridized carbons (Fsp3) is 0.382. The Bertz CT molecular complexity index is 1760. The van der Waals surface area contributed by atoms with Gasteiger partial charge in [-0.1, -0.05) is 36.4 Å². The van der Waals surface area contributed by atoms with Gasteiger partial charge in [0.05, 0.1) is 35.2 Å². The summed E-state index contributed by atoms with van der Waals surface area (Å²) in [5.41, 5.74) is 3.84. The first-order valence-corrected chi connectivity index (χ1v) is 18.1. The van der Waals surface area contributed by atoms with Gasteiger partial charge >= 0.3 is 11.8 Å². The van der Waals surface area contributed by atoms with Gasteiger partial charge in [0, 0.05) is 36.3 Å². The van der Waals surface area contributed by atoms with Crippen LogP contribution in [-0.4, -0.2) is 58.1 Å². The first-order chi connectivity index (χ1) is 22.4. The molecule has 1 aromatic carbocycles. The molecule has 0 atom stereocenters. The van der Waals surface area contributed by atoms with Gasteiger partial charge in [-0.25, -0.2) is 9.36 Å². The fourth-order valence-electron chi connectivity index (χ4n) is 5.65. The Balaban J connectivity index is 1.17. The number of hydroxylamine groups is 2. The molecular formula is C34H39N4O7S2+. The van der Waals surface area contributed by atoms with Crippen LogP contribution in [-0.2, 0) is 41.3 Å². The van der Waals surface area contributed by atoms with E-state index in [2.05, 4.69) is 24.5 Å². The van der Waals surface area contributed by atoms with Crippen LogP contribution >= 0.6 is 11.9 Å². The highest BCUT2D eigenvalue weighted by Gasteiger charge is 2.41. The number of aliphatic imine (C=N–C) groups is 1. The third-order valence-corrected chi connectivity index (χ3v) is 10.2. The second-order valence-electron chi connectivity index (χ2n) is 12.0. The quantitative estimate of drug-likeness (QED) is 0.0708. The molecule has 2 amide bonds. The maximum atomic E-state index is 12.1. The number of amides is 2. The van der Waals surface area contributed by atoms with Crippen molar-refractivity contribution in [2.75, 3.05) is 12.3 Å². The molecule has 1 aromatic heterocycles. The number of rotatable bonds is 14. The number of pyridine rings is 1. The summed E-state index contributed by atoms with van der Waals surface area (Å²) < 4.78 is 35.7. The topological polar surface area (TPSA) is 138 Å². The number of imide groups is 1. The summed E-state index contributed by atoms with van der Waals surface area (Å²) in [5.74, 6) is -0.892. The molecule has 0 radical (unpaired) electrons. The van der Waals surface area contributed by atoms with Gasteiger partial charge < -0.3 is 9.14 Å². The normalized spacial score (nSPS) is 18.1. The van der Waals surface area contributed by atoms with Crippen molar-refractivity contribution in [1.29, 1.82) is 0 Å². The van der Waals surface area contributed by atoms with E-state index in [4.69, 9.17) is 14.4 Å². The molecular weight excluding hydrogens is 641 g/mol. The average molecular weight is 680 g/mol. The smallest absolute Gasteiger partial charge is 0.330 e. The molecule has 13 heteroatoms. The molecule has 0 spiro atoms. The van der Waals surface area contributed by atoms with Gasteiger partial charge in [0.15, 0.2) is 5.71 Å². The molecule has 11 nitrogen and oxygen atoms in total. The van der Waals surface area contributed by atoms with E-state index in [0.29, 0.717) is 24.4 Å². The standard InChI is InChI=1S/C34H38N4O7S2/c1-34(2)26-14-11-22-36(21-10-4-7-18-32(41)45-38-30(39)19-20-31(38)40)33(26)35-29(34)17-6-3-5-15-27-25-13-8-9-16-28(25)46-37(27)23-12-24-47(42,43)44/h3,5-6,8-9,11,13-17,22H,4,7,10,12,18-21,23-24H2,1-2H3/p+1. The number of aromatic nitrogens is 1. The highest BCUT2D eigenvalue weighted by atomic mass is 32.2. The maximum absolute atomic E-state index is 12.1. The van der Waals surface area contributed by atoms with Gasteiger partial charge in [-0.3, -0.25) is 14.1 Å². The lowest BCUT2D eigenvalue weighted by atomic mass is 9.82. The number of nitrogens with zero attached hydrogens (tertiary/aromatic N) is 4. The van der Waals surface area contributed by atoms with Crippen LogP contribution in [0, 0.1) is 0 Å². The molecule has 0 unspecified atom stereocenters. The lowest BCUT2D eigenvalue weighted by Gasteiger charge is -2.17. The zero-order chi connectivity index (χ0) is 33.6. The molecule has 0 bridgehead atoms. The minimum Gasteiger partial charge on any atom is -0.330 e. The number of benzene rings is 1. The number of hydrogen-bond acceptors (Lipinski definition) is 9. The van der Waals surface area contributed by atoms with Crippen molar-refractivity contribution in [1.82, 2.24) is 9.37 Å². The van der Waals surface area contributed by atoms with Crippen LogP contribution in [0.25, 0.3) is 5.70 Å². The molecule has 1 saturated heterocycles. The Labute approximate surface area is 279 Å². The third-order valence-electron chi connectivity index (χ3n) is 8.19. The Kier molecular flexibility index (Phi) is 10.8. The Morgan fingerprint density at radius 3 is 2.57 bits per heavy atom. The number of hydrogen-bond donors (Lipinski definition) is 1. The summed E-state index contributed by atoms with van der Waals surface area (Å²) in [6.45, 7) is 5.51. The minimum absolute atomic E-state index is 0.0792. The zero-order valence-corrected chi connectivity index (χ0v) is 28.1. The van der Waals surface area contributed by atoms with Crippen LogP contribution in [0.4, 0.5) is 5.82 Å². The Morgan fingerprint density at radius 2 is 1.81 bits per heavy atom. The van der Waals surface area contributed by atoms with Gasteiger partial charge in [-0.15, -0.1) is 5.06 Å². The van der Waals surface area contributed by atoms with Crippen molar-refractivity contribution >= 4 is 57.1 Å². The van der Waals surface area contributed by atoms with E-state index in [1.54, 1.807) is 11.9 Å². The highest BCUT2D eigenvalue weighted by Crippen LogP contribution is 2.43. The molecule has 4 heterocycles. The van der Waals surface area contributed by atoms with Gasteiger partial charge in [0.2, 0.25) is 0 Å². The third kappa shape index (κ3) is 8.45. The van der Waals surface area contributed by atoms with E-state index in [1.165, 1.54) is 0 Å². The molecule has 5 rings (SSSR count). The first-order valence-electron chi connectivity index (χ1n) is 15.7. The summed E-state index contributed by atoms with van der Waals surface area (Å²) in [7, 11) is -4.01. The van der Waals surface area contributed by atoms with Crippen LogP contribution in [0.1, 0.15) is 69.9 Å². The monoisotopic (exact) mass is 679 g/mol. The minimum atomic E-state index is -4.01. The van der Waals surface area contributed by atoms with Crippen molar-refractivity contribution < 1.29 is 36.8 Å². The number of carbonyl (C=O) groups is 3. The summed E-state index contributed by atoms with van der Waals surface area (Å²) in [5, 5.41) is 0.589. The van der Waals surface area contributed by atoms with E-state index >= 15 is 0 Å². The molecule has 0 saturated carbocycles. The largest absolute Gasteiger partial charge is 0.333 e. The molecule has 1 N–H and O–H groups in total. The molecule has 2 aromatic rings. The van der Waals surface area contributed by atoms with Crippen LogP contribution in [0.15, 0.2) is 82.9 Å². The van der Waals surface area contributed by atoms with Crippen molar-refractivity contribution in [2.45, 2.75) is 75.6 Å². The first kappa shape index (κ1) is 34.3. The number of fused-ring (bicyclic) bond motifs is 2. The zero-order valence-electron chi connectivity index (χ0n) is 26.5. The van der Waals surface area contributed by atoms with E-state index < -0.39 is 27.9 Å². The van der Waals surface area contributed by atoms with E-state index in [-0.39, 0.29) is 30.4 Å². The average Bonchev–Trinajstić information content (AvgIpc) is 3.62. The SMILES string of the molecule is CC1(C)C(/C=C/C=C/C=C2\c3ccccc3SN2CCCS(=O)(=O)O)=Nc2c1ccc[n+]2CCCCCC(=O)ON1C(=O)CCC1=O. The van der Waals surface area contributed by atoms with Gasteiger partial charge in [-0.2, -0.15) is 8.42 Å². The second kappa shape index (κ2) is 14.8. The number of aryl methyl sites for hydroxylation is 1. The van der Waals surface area contributed by atoms with E-state index in [9.17, 15) is 22.8 Å². The van der Waals surface area contributed by atoms with Crippen LogP contribution < -0.4 is 4.57 Å². The lowest BCUT2D eigenvalue weighted by Crippen LogP contribution is -2.35. The predicted molar refractivity (Wildman–Crippen MR) is 179 cm³/mol. The number of allylic oxidation sites excluding steroid dienone is 5. The summed E-state index contributed by atoms with van der Waals surface area (Å²) in [4.78, 5) is 46.4.